The van der Waals surface area contributed by atoms with Crippen molar-refractivity contribution in [2.75, 3.05) is 0 Å². The molecular formula is C29H50N2O4. The molecule has 4 saturated carbocycles. The highest BCUT2D eigenvalue weighted by Crippen LogP contribution is 2.69. The number of fused-ring (bicyclic) bond motifs is 5. The van der Waals surface area contributed by atoms with Gasteiger partial charge in [-0.1, -0.05) is 41.5 Å². The Morgan fingerprint density at radius 1 is 1.09 bits per heavy atom. The molecule has 0 spiro atoms. The highest BCUT2D eigenvalue weighted by molar-refractivity contribution is 5.83. The smallest absolute Gasteiger partial charge is 0.240 e. The van der Waals surface area contributed by atoms with E-state index in [1.54, 1.807) is 0 Å². The molecule has 35 heavy (non-hydrogen) atoms. The largest absolute Gasteiger partial charge is 0.393 e. The summed E-state index contributed by atoms with van der Waals surface area (Å²) in [5.41, 5.74) is 3.09. The lowest BCUT2D eigenvalue weighted by molar-refractivity contribution is -0.203. The van der Waals surface area contributed by atoms with Crippen molar-refractivity contribution in [1.29, 1.82) is 0 Å². The van der Waals surface area contributed by atoms with Crippen molar-refractivity contribution < 1.29 is 20.2 Å². The van der Waals surface area contributed by atoms with E-state index in [0.717, 1.165) is 63.6 Å². The van der Waals surface area contributed by atoms with Crippen molar-refractivity contribution in [1.82, 2.24) is 5.48 Å². The predicted molar refractivity (Wildman–Crippen MR) is 139 cm³/mol. The average molecular weight is 491 g/mol. The van der Waals surface area contributed by atoms with Gasteiger partial charge in [0.25, 0.3) is 0 Å². The summed E-state index contributed by atoms with van der Waals surface area (Å²) in [6, 6.07) is 0. The minimum atomic E-state index is -0.329. The number of aliphatic imine (C=N–C) groups is 1. The van der Waals surface area contributed by atoms with Crippen LogP contribution in [0.3, 0.4) is 0 Å². The second-order valence-electron chi connectivity index (χ2n) is 12.9. The standard InChI is InChI=1S/C28H46N2O4.CH4/c1-6-18-20-13-17(31)9-11-27(20,4)19-10-12-28(5)21(24(19)26(18)33)14-22(32)25(28)15(2)7-8-23-29-16(3)34-30-23;/h15,17-22,24-26,31-33H,3,6-14H2,1-2,4-5H3,(H,29,30);1H4/t15-,17-,18-,19?,20+,21+,22+,24-,25+,26-,27-,28+;/m1./s1. The first kappa shape index (κ1) is 26.9. The van der Waals surface area contributed by atoms with Crippen molar-refractivity contribution in [3.63, 3.8) is 0 Å². The van der Waals surface area contributed by atoms with Gasteiger partial charge in [0.2, 0.25) is 5.88 Å². The third-order valence-corrected chi connectivity index (χ3v) is 11.5. The van der Waals surface area contributed by atoms with E-state index in [0.29, 0.717) is 29.6 Å². The fourth-order valence-corrected chi connectivity index (χ4v) is 10.0. The number of nitrogens with zero attached hydrogens (tertiary/aromatic N) is 1. The molecule has 0 aromatic heterocycles. The summed E-state index contributed by atoms with van der Waals surface area (Å²) in [5, 5.41) is 33.7. The summed E-state index contributed by atoms with van der Waals surface area (Å²) in [6.07, 6.45) is 7.69. The molecule has 0 amide bonds. The Labute approximate surface area is 212 Å². The topological polar surface area (TPSA) is 94.3 Å². The summed E-state index contributed by atoms with van der Waals surface area (Å²) in [5.74, 6) is 3.57. The molecule has 12 atom stereocenters. The van der Waals surface area contributed by atoms with E-state index in [-0.39, 0.29) is 54.3 Å². The first-order chi connectivity index (χ1) is 16.1. The van der Waals surface area contributed by atoms with Crippen LogP contribution >= 0.6 is 0 Å². The fourth-order valence-electron chi connectivity index (χ4n) is 10.0. The number of aliphatic hydroxyl groups is 3. The number of hydrogen-bond acceptors (Lipinski definition) is 6. The quantitative estimate of drug-likeness (QED) is 0.433. The van der Waals surface area contributed by atoms with Crippen LogP contribution < -0.4 is 5.48 Å². The second-order valence-corrected chi connectivity index (χ2v) is 12.9. The zero-order valence-corrected chi connectivity index (χ0v) is 21.5. The number of aliphatic hydroxyl groups excluding tert-OH is 3. The highest BCUT2D eigenvalue weighted by atomic mass is 16.7. The summed E-state index contributed by atoms with van der Waals surface area (Å²) >= 11 is 0. The minimum absolute atomic E-state index is 0. The Kier molecular flexibility index (Phi) is 7.42. The van der Waals surface area contributed by atoms with Gasteiger partial charge >= 0.3 is 0 Å². The molecule has 0 radical (unpaired) electrons. The molecule has 1 aliphatic heterocycles. The lowest BCUT2D eigenvalue weighted by Gasteiger charge is -2.64. The number of hydrogen-bond donors (Lipinski definition) is 4. The van der Waals surface area contributed by atoms with Gasteiger partial charge in [-0.05, 0) is 104 Å². The first-order valence-electron chi connectivity index (χ1n) is 13.8. The molecule has 0 bridgehead atoms. The Bertz CT molecular complexity index is 831. The SMILES string of the molecule is C.C=C1N=C(CC[C@@H](C)[C@H]2[C@@H](O)C[C@H]3[C@H]4C(CC[C@]23C)[C@@]2(C)CC[C@@H](O)C[C@H]2[C@@H](CC)[C@H]4O)NO1. The second kappa shape index (κ2) is 9.64. The zero-order chi connectivity index (χ0) is 24.4. The summed E-state index contributed by atoms with van der Waals surface area (Å²) < 4.78 is 0. The lowest BCUT2D eigenvalue weighted by Crippen LogP contribution is -2.62. The van der Waals surface area contributed by atoms with Gasteiger partial charge in [0, 0.05) is 6.42 Å². The number of nitrogens with one attached hydrogen (secondary N) is 1. The van der Waals surface area contributed by atoms with E-state index in [1.807, 2.05) is 0 Å². The van der Waals surface area contributed by atoms with Crippen molar-refractivity contribution in [2.45, 2.75) is 111 Å². The number of amidine groups is 1. The molecule has 5 rings (SSSR count). The molecule has 5 aliphatic rings. The van der Waals surface area contributed by atoms with Crippen molar-refractivity contribution in [3.8, 4) is 0 Å². The minimum Gasteiger partial charge on any atom is -0.393 e. The van der Waals surface area contributed by atoms with Gasteiger partial charge in [-0.2, -0.15) is 4.99 Å². The molecule has 6 nitrogen and oxygen atoms in total. The van der Waals surface area contributed by atoms with E-state index in [2.05, 4.69) is 44.7 Å². The normalized spacial score (nSPS) is 49.5. The van der Waals surface area contributed by atoms with Crippen LogP contribution in [0.4, 0.5) is 0 Å². The third kappa shape index (κ3) is 4.16. The maximum absolute atomic E-state index is 11.8. The van der Waals surface area contributed by atoms with Gasteiger partial charge in [-0.25, -0.2) is 5.48 Å². The molecule has 200 valence electrons. The van der Waals surface area contributed by atoms with Gasteiger partial charge in [0.1, 0.15) is 5.84 Å². The van der Waals surface area contributed by atoms with Crippen LogP contribution in [0.1, 0.15) is 92.9 Å². The Morgan fingerprint density at radius 2 is 1.80 bits per heavy atom. The molecule has 1 heterocycles. The summed E-state index contributed by atoms with van der Waals surface area (Å²) in [7, 11) is 0. The average Bonchev–Trinajstić information content (AvgIpc) is 3.32. The van der Waals surface area contributed by atoms with Crippen LogP contribution in [0.5, 0.6) is 0 Å². The van der Waals surface area contributed by atoms with E-state index in [9.17, 15) is 15.3 Å². The van der Waals surface area contributed by atoms with Gasteiger partial charge in [0.15, 0.2) is 0 Å². The molecule has 0 aromatic carbocycles. The predicted octanol–water partition coefficient (Wildman–Crippen LogP) is 5.04. The fraction of sp³-hybridized carbons (Fsp3) is 0.897. The van der Waals surface area contributed by atoms with E-state index in [1.165, 1.54) is 0 Å². The summed E-state index contributed by atoms with van der Waals surface area (Å²) in [4.78, 5) is 9.47. The maximum Gasteiger partial charge on any atom is 0.240 e. The Balaban J connectivity index is 0.00000289. The van der Waals surface area contributed by atoms with Crippen LogP contribution in [0, 0.1) is 52.3 Å². The van der Waals surface area contributed by atoms with E-state index >= 15 is 0 Å². The van der Waals surface area contributed by atoms with Crippen LogP contribution in [-0.2, 0) is 4.84 Å². The molecule has 6 heteroatoms. The monoisotopic (exact) mass is 490 g/mol. The van der Waals surface area contributed by atoms with Gasteiger partial charge in [0.05, 0.1) is 18.3 Å². The third-order valence-electron chi connectivity index (χ3n) is 11.5. The van der Waals surface area contributed by atoms with Crippen LogP contribution in [0.2, 0.25) is 0 Å². The molecule has 4 aliphatic carbocycles. The van der Waals surface area contributed by atoms with E-state index < -0.39 is 0 Å². The van der Waals surface area contributed by atoms with Crippen molar-refractivity contribution >= 4 is 5.84 Å². The van der Waals surface area contributed by atoms with Crippen molar-refractivity contribution in [3.05, 3.63) is 12.5 Å². The molecule has 0 aromatic rings. The Hall–Kier alpha value is -1.11. The summed E-state index contributed by atoms with van der Waals surface area (Å²) in [6.45, 7) is 13.1. The maximum atomic E-state index is 11.8. The highest BCUT2D eigenvalue weighted by Gasteiger charge is 2.66. The van der Waals surface area contributed by atoms with Crippen molar-refractivity contribution in [2.24, 2.45) is 57.2 Å². The lowest BCUT2D eigenvalue weighted by atomic mass is 9.41. The Morgan fingerprint density at radius 3 is 2.46 bits per heavy atom. The first-order valence-corrected chi connectivity index (χ1v) is 13.8. The van der Waals surface area contributed by atoms with E-state index in [4.69, 9.17) is 4.84 Å². The van der Waals surface area contributed by atoms with Gasteiger partial charge in [-0.3, -0.25) is 0 Å². The van der Waals surface area contributed by atoms with Crippen LogP contribution in [0.15, 0.2) is 17.5 Å². The number of hydroxylamine groups is 1. The molecule has 4 N–H and O–H groups in total. The zero-order valence-electron chi connectivity index (χ0n) is 21.5. The van der Waals surface area contributed by atoms with Crippen LogP contribution in [-0.4, -0.2) is 39.5 Å². The molecule has 4 fully saturated rings. The number of rotatable bonds is 5. The molecule has 1 unspecified atom stereocenters. The molecule has 0 saturated heterocycles. The molecular weight excluding hydrogens is 440 g/mol. The van der Waals surface area contributed by atoms with Gasteiger partial charge in [-0.15, -0.1) is 0 Å². The van der Waals surface area contributed by atoms with Crippen LogP contribution in [0.25, 0.3) is 0 Å². The van der Waals surface area contributed by atoms with Gasteiger partial charge < -0.3 is 20.2 Å².